The summed E-state index contributed by atoms with van der Waals surface area (Å²) in [6, 6.07) is 10.8. The van der Waals surface area contributed by atoms with E-state index in [0.29, 0.717) is 27.0 Å². The van der Waals surface area contributed by atoms with E-state index in [-0.39, 0.29) is 13.0 Å². The molecule has 1 saturated heterocycles. The van der Waals surface area contributed by atoms with Gasteiger partial charge >= 0.3 is 5.97 Å². The lowest BCUT2D eigenvalue weighted by Crippen LogP contribution is -2.43. The molecule has 1 aliphatic heterocycles. The van der Waals surface area contributed by atoms with Crippen LogP contribution in [0.15, 0.2) is 42.5 Å². The minimum Gasteiger partial charge on any atom is -0.495 e. The fourth-order valence-corrected chi connectivity index (χ4v) is 3.28. The van der Waals surface area contributed by atoms with Gasteiger partial charge in [-0.3, -0.25) is 29.6 Å². The summed E-state index contributed by atoms with van der Waals surface area (Å²) in [7, 11) is 1.44. The molecule has 32 heavy (non-hydrogen) atoms. The van der Waals surface area contributed by atoms with Crippen molar-refractivity contribution in [3.05, 3.63) is 58.1 Å². The Bertz CT molecular complexity index is 1040. The van der Waals surface area contributed by atoms with Crippen molar-refractivity contribution < 1.29 is 28.7 Å². The maximum Gasteiger partial charge on any atom is 0.311 e. The Labute approximate surface area is 193 Å². The molecule has 3 rings (SSSR count). The molecule has 0 unspecified atom stereocenters. The lowest BCUT2D eigenvalue weighted by molar-refractivity contribution is -0.151. The molecule has 2 aromatic carbocycles. The average Bonchev–Trinajstić information content (AvgIpc) is 3.13. The van der Waals surface area contributed by atoms with Gasteiger partial charge in [0.2, 0.25) is 5.91 Å². The zero-order valence-electron chi connectivity index (χ0n) is 16.9. The van der Waals surface area contributed by atoms with Crippen LogP contribution in [-0.4, -0.2) is 49.0 Å². The van der Waals surface area contributed by atoms with Crippen LogP contribution in [0.25, 0.3) is 0 Å². The van der Waals surface area contributed by atoms with Crippen LogP contribution in [0, 0.1) is 5.92 Å². The van der Waals surface area contributed by atoms with Crippen LogP contribution < -0.4 is 15.5 Å². The Kier molecular flexibility index (Phi) is 7.55. The Balaban J connectivity index is 1.50. The third kappa shape index (κ3) is 5.89. The molecule has 0 saturated carbocycles. The van der Waals surface area contributed by atoms with Crippen LogP contribution >= 0.6 is 23.2 Å². The summed E-state index contributed by atoms with van der Waals surface area (Å²) in [6.45, 7) is -0.628. The van der Waals surface area contributed by atoms with E-state index >= 15 is 0 Å². The normalized spacial score (nSPS) is 15.3. The van der Waals surface area contributed by atoms with Gasteiger partial charge in [-0.25, -0.2) is 0 Å². The van der Waals surface area contributed by atoms with Crippen molar-refractivity contribution in [1.82, 2.24) is 10.4 Å². The highest BCUT2D eigenvalue weighted by Gasteiger charge is 2.36. The first kappa shape index (κ1) is 23.4. The van der Waals surface area contributed by atoms with E-state index in [2.05, 4.69) is 10.7 Å². The Morgan fingerprint density at radius 2 is 1.78 bits per heavy atom. The van der Waals surface area contributed by atoms with Crippen LogP contribution in [-0.2, 0) is 19.1 Å². The number of hydrazine groups is 1. The van der Waals surface area contributed by atoms with Crippen molar-refractivity contribution in [2.45, 2.75) is 6.42 Å². The number of hydrogen-bond donors (Lipinski definition) is 2. The van der Waals surface area contributed by atoms with Gasteiger partial charge in [-0.05, 0) is 42.5 Å². The van der Waals surface area contributed by atoms with E-state index in [1.165, 1.54) is 25.3 Å². The van der Waals surface area contributed by atoms with Gasteiger partial charge in [-0.2, -0.15) is 0 Å². The third-order valence-corrected chi connectivity index (χ3v) is 5.07. The lowest BCUT2D eigenvalue weighted by Gasteiger charge is -2.17. The molecular weight excluding hydrogens is 461 g/mol. The molecule has 1 fully saturated rings. The molecule has 2 N–H and O–H groups in total. The van der Waals surface area contributed by atoms with E-state index in [0.717, 1.165) is 5.01 Å². The third-order valence-electron chi connectivity index (χ3n) is 4.58. The first-order chi connectivity index (χ1) is 15.3. The monoisotopic (exact) mass is 479 g/mol. The van der Waals surface area contributed by atoms with Gasteiger partial charge in [0.05, 0.1) is 25.3 Å². The molecule has 3 amide bonds. The average molecular weight is 480 g/mol. The van der Waals surface area contributed by atoms with Crippen molar-refractivity contribution in [2.75, 3.05) is 25.6 Å². The first-order valence-electron chi connectivity index (χ1n) is 9.43. The quantitative estimate of drug-likeness (QED) is 0.590. The second-order valence-corrected chi connectivity index (χ2v) is 7.73. The number of hydrogen-bond acceptors (Lipinski definition) is 6. The molecule has 0 bridgehead atoms. The number of rotatable bonds is 7. The van der Waals surface area contributed by atoms with E-state index < -0.39 is 36.2 Å². The zero-order chi connectivity index (χ0) is 23.3. The highest BCUT2D eigenvalue weighted by molar-refractivity contribution is 6.31. The number of benzene rings is 2. The van der Waals surface area contributed by atoms with Crippen molar-refractivity contribution in [2.24, 2.45) is 5.92 Å². The number of methoxy groups -OCH3 is 1. The number of carbonyl (C=O) groups is 4. The molecular formula is C21H19Cl2N3O6. The number of esters is 1. The summed E-state index contributed by atoms with van der Waals surface area (Å²) in [4.78, 5) is 48.9. The molecule has 1 heterocycles. The molecule has 1 atom stereocenters. The van der Waals surface area contributed by atoms with Crippen molar-refractivity contribution in [3.8, 4) is 5.75 Å². The molecule has 0 radical (unpaired) electrons. The predicted octanol–water partition coefficient (Wildman–Crippen LogP) is 2.68. The van der Waals surface area contributed by atoms with E-state index in [1.807, 2.05) is 0 Å². The fourth-order valence-electron chi connectivity index (χ4n) is 2.98. The highest BCUT2D eigenvalue weighted by Crippen LogP contribution is 2.27. The zero-order valence-corrected chi connectivity index (χ0v) is 18.4. The Hall–Kier alpha value is -3.30. The maximum atomic E-state index is 12.3. The SMILES string of the molecule is COc1ccc(Cl)cc1NC(=O)COC(=O)[C@H]1CC(=O)N(NC(=O)c2ccc(Cl)cc2)C1. The van der Waals surface area contributed by atoms with Crippen LogP contribution in [0.4, 0.5) is 5.69 Å². The summed E-state index contributed by atoms with van der Waals surface area (Å²) in [5.74, 6) is -2.71. The van der Waals surface area contributed by atoms with Crippen LogP contribution in [0.2, 0.25) is 10.0 Å². The first-order valence-corrected chi connectivity index (χ1v) is 10.2. The Morgan fingerprint density at radius 1 is 1.09 bits per heavy atom. The molecule has 11 heteroatoms. The van der Waals surface area contributed by atoms with Crippen molar-refractivity contribution in [3.63, 3.8) is 0 Å². The predicted molar refractivity (Wildman–Crippen MR) is 116 cm³/mol. The lowest BCUT2D eigenvalue weighted by atomic mass is 10.1. The molecule has 0 spiro atoms. The van der Waals surface area contributed by atoms with Gasteiger partial charge in [0.15, 0.2) is 6.61 Å². The number of anilines is 1. The largest absolute Gasteiger partial charge is 0.495 e. The second kappa shape index (κ2) is 10.3. The minimum atomic E-state index is -0.818. The van der Waals surface area contributed by atoms with Crippen molar-refractivity contribution >= 4 is 52.6 Å². The number of nitrogens with zero attached hydrogens (tertiary/aromatic N) is 1. The molecule has 0 aliphatic carbocycles. The Morgan fingerprint density at radius 3 is 2.47 bits per heavy atom. The fraction of sp³-hybridized carbons (Fsp3) is 0.238. The van der Waals surface area contributed by atoms with Crippen LogP contribution in [0.5, 0.6) is 5.75 Å². The standard InChI is InChI=1S/C21H19Cl2N3O6/c1-31-17-7-6-15(23)9-16(17)24-18(27)11-32-21(30)13-8-19(28)26(10-13)25-20(29)12-2-4-14(22)5-3-12/h2-7,9,13H,8,10-11H2,1H3,(H,24,27)(H,25,29)/t13-/m0/s1. The minimum absolute atomic E-state index is 0.0687. The molecule has 9 nitrogen and oxygen atoms in total. The van der Waals surface area contributed by atoms with Crippen molar-refractivity contribution in [1.29, 1.82) is 0 Å². The van der Waals surface area contributed by atoms with E-state index in [9.17, 15) is 19.2 Å². The summed E-state index contributed by atoms with van der Waals surface area (Å²) >= 11 is 11.7. The topological polar surface area (TPSA) is 114 Å². The highest BCUT2D eigenvalue weighted by atomic mass is 35.5. The second-order valence-electron chi connectivity index (χ2n) is 6.85. The van der Waals surface area contributed by atoms with Gasteiger partial charge in [0.25, 0.3) is 11.8 Å². The summed E-state index contributed by atoms with van der Waals surface area (Å²) in [6.07, 6.45) is -0.149. The number of ether oxygens (including phenoxy) is 2. The van der Waals surface area contributed by atoms with E-state index in [4.69, 9.17) is 32.7 Å². The number of amides is 3. The molecule has 168 valence electrons. The summed E-state index contributed by atoms with van der Waals surface area (Å²) in [5.41, 5.74) is 3.09. The molecule has 1 aliphatic rings. The van der Waals surface area contributed by atoms with Gasteiger partial charge < -0.3 is 14.8 Å². The van der Waals surface area contributed by atoms with E-state index in [1.54, 1.807) is 24.3 Å². The van der Waals surface area contributed by atoms with Gasteiger partial charge in [0.1, 0.15) is 5.75 Å². The number of halogens is 2. The van der Waals surface area contributed by atoms with Crippen LogP contribution in [0.1, 0.15) is 16.8 Å². The van der Waals surface area contributed by atoms with Gasteiger partial charge in [-0.1, -0.05) is 23.2 Å². The maximum absolute atomic E-state index is 12.3. The number of nitrogens with one attached hydrogen (secondary N) is 2. The smallest absolute Gasteiger partial charge is 0.311 e. The van der Waals surface area contributed by atoms with Gasteiger partial charge in [0, 0.05) is 22.0 Å². The number of carbonyl (C=O) groups excluding carboxylic acids is 4. The molecule has 0 aromatic heterocycles. The molecule has 2 aromatic rings. The van der Waals surface area contributed by atoms with Crippen LogP contribution in [0.3, 0.4) is 0 Å². The summed E-state index contributed by atoms with van der Waals surface area (Å²) in [5, 5.41) is 4.46. The van der Waals surface area contributed by atoms with Gasteiger partial charge in [-0.15, -0.1) is 0 Å². The summed E-state index contributed by atoms with van der Waals surface area (Å²) < 4.78 is 10.2.